The van der Waals surface area contributed by atoms with Crippen molar-refractivity contribution in [3.05, 3.63) is 80.0 Å². The second-order valence-electron chi connectivity index (χ2n) is 7.22. The zero-order chi connectivity index (χ0) is 21.3. The number of likely N-dealkylation sites (N-methyl/N-ethyl adjacent to an activating group) is 1. The van der Waals surface area contributed by atoms with Gasteiger partial charge >= 0.3 is 0 Å². The minimum absolute atomic E-state index is 0. The van der Waals surface area contributed by atoms with Crippen LogP contribution in [0.25, 0.3) is 0 Å². The van der Waals surface area contributed by atoms with Gasteiger partial charge in [-0.25, -0.2) is 4.98 Å². The molecule has 3 aromatic heterocycles. The smallest absolute Gasteiger partial charge is 0.255 e. The highest BCUT2D eigenvalue weighted by Crippen LogP contribution is 2.16. The van der Waals surface area contributed by atoms with Gasteiger partial charge in [-0.3, -0.25) is 14.6 Å². The predicted octanol–water partition coefficient (Wildman–Crippen LogP) is 3.36. The fourth-order valence-corrected chi connectivity index (χ4v) is 3.54. The van der Waals surface area contributed by atoms with Crippen LogP contribution in [0.4, 0.5) is 5.95 Å². The maximum absolute atomic E-state index is 12.3. The molecule has 0 saturated carbocycles. The minimum Gasteiger partial charge on any atom is -0.465 e. The fraction of sp³-hybridized carbons (Fsp3) is 0.381. The molecule has 8 nitrogen and oxygen atoms in total. The van der Waals surface area contributed by atoms with E-state index >= 15 is 0 Å². The van der Waals surface area contributed by atoms with Crippen molar-refractivity contribution < 1.29 is 4.42 Å². The van der Waals surface area contributed by atoms with Crippen LogP contribution >= 0.6 is 49.0 Å². The van der Waals surface area contributed by atoms with Crippen LogP contribution in [0, 0.1) is 0 Å². The number of furan rings is 1. The SMILES string of the molecule is CN(C)CCc1ccc(CSCCNc2ncc(Cc3ccc(=O)[nH]c3)c(=O)[nH]2)o1.Cl.Cl.Cl. The third-order valence-corrected chi connectivity index (χ3v) is 5.40. The van der Waals surface area contributed by atoms with Gasteiger partial charge in [0.25, 0.3) is 5.56 Å². The summed E-state index contributed by atoms with van der Waals surface area (Å²) in [6, 6.07) is 7.22. The molecule has 184 valence electrons. The quantitative estimate of drug-likeness (QED) is 0.321. The van der Waals surface area contributed by atoms with Crippen LogP contribution in [0.1, 0.15) is 22.6 Å². The molecule has 3 aromatic rings. The molecule has 0 saturated heterocycles. The maximum atomic E-state index is 12.3. The molecule has 0 fully saturated rings. The van der Waals surface area contributed by atoms with E-state index in [2.05, 4.69) is 39.3 Å². The van der Waals surface area contributed by atoms with E-state index in [4.69, 9.17) is 4.42 Å². The Morgan fingerprint density at radius 2 is 1.85 bits per heavy atom. The van der Waals surface area contributed by atoms with Crippen LogP contribution in [-0.4, -0.2) is 52.8 Å². The molecule has 0 spiro atoms. The van der Waals surface area contributed by atoms with E-state index in [1.54, 1.807) is 30.2 Å². The third-order valence-electron chi connectivity index (χ3n) is 4.42. The van der Waals surface area contributed by atoms with E-state index in [9.17, 15) is 9.59 Å². The molecule has 0 aliphatic carbocycles. The van der Waals surface area contributed by atoms with E-state index in [1.165, 1.54) is 6.07 Å². The summed E-state index contributed by atoms with van der Waals surface area (Å²) in [5.41, 5.74) is 1.04. The van der Waals surface area contributed by atoms with Crippen molar-refractivity contribution in [1.29, 1.82) is 0 Å². The number of hydrogen-bond acceptors (Lipinski definition) is 7. The highest BCUT2D eigenvalue weighted by molar-refractivity contribution is 7.98. The Labute approximate surface area is 215 Å². The van der Waals surface area contributed by atoms with Crippen molar-refractivity contribution in [3.63, 3.8) is 0 Å². The molecule has 0 bridgehead atoms. The molecule has 0 unspecified atom stereocenters. The number of thioether (sulfide) groups is 1. The van der Waals surface area contributed by atoms with Crippen LogP contribution in [-0.2, 0) is 18.6 Å². The topological polar surface area (TPSA) is 107 Å². The molecule has 12 heteroatoms. The fourth-order valence-electron chi connectivity index (χ4n) is 2.79. The first-order valence-electron chi connectivity index (χ1n) is 9.79. The lowest BCUT2D eigenvalue weighted by Crippen LogP contribution is -2.18. The van der Waals surface area contributed by atoms with Gasteiger partial charge < -0.3 is 19.6 Å². The van der Waals surface area contributed by atoms with Crippen molar-refractivity contribution in [1.82, 2.24) is 19.9 Å². The molecule has 0 atom stereocenters. The second-order valence-corrected chi connectivity index (χ2v) is 8.33. The van der Waals surface area contributed by atoms with Crippen molar-refractivity contribution in [2.75, 3.05) is 38.3 Å². The zero-order valence-corrected chi connectivity index (χ0v) is 21.7. The van der Waals surface area contributed by atoms with Gasteiger partial charge in [-0.1, -0.05) is 6.07 Å². The zero-order valence-electron chi connectivity index (χ0n) is 18.5. The molecule has 0 aliphatic heterocycles. The number of aromatic nitrogens is 3. The van der Waals surface area contributed by atoms with Gasteiger partial charge in [0.2, 0.25) is 11.5 Å². The standard InChI is InChI=1S/C21H27N5O3S.3ClH/c1-26(2)9-7-17-4-5-18(29-17)14-30-10-8-22-21-24-13-16(20(28)25-21)11-15-3-6-19(27)23-12-15;;;/h3-6,12-13H,7-11,14H2,1-2H3,(H,23,27)(H2,22,24,25,28);3*1H. The monoisotopic (exact) mass is 537 g/mol. The van der Waals surface area contributed by atoms with Crippen molar-refractivity contribution in [2.45, 2.75) is 18.6 Å². The lowest BCUT2D eigenvalue weighted by atomic mass is 10.1. The second kappa shape index (κ2) is 15.8. The number of halogens is 3. The molecule has 33 heavy (non-hydrogen) atoms. The highest BCUT2D eigenvalue weighted by Gasteiger charge is 2.06. The molecule has 3 heterocycles. The normalized spacial score (nSPS) is 10.2. The Hall–Kier alpha value is -1.91. The Morgan fingerprint density at radius 3 is 2.52 bits per heavy atom. The Kier molecular flexibility index (Phi) is 14.9. The summed E-state index contributed by atoms with van der Waals surface area (Å²) in [5, 5.41) is 3.14. The van der Waals surface area contributed by atoms with E-state index in [-0.39, 0.29) is 48.3 Å². The molecular weight excluding hydrogens is 509 g/mol. The van der Waals surface area contributed by atoms with Crippen molar-refractivity contribution in [2.24, 2.45) is 0 Å². The Balaban J connectivity index is 0.00000341. The molecule has 3 N–H and O–H groups in total. The highest BCUT2D eigenvalue weighted by atomic mass is 35.5. The van der Waals surface area contributed by atoms with Gasteiger partial charge in [-0.15, -0.1) is 37.2 Å². The van der Waals surface area contributed by atoms with Crippen LogP contribution in [0.15, 0.2) is 50.7 Å². The summed E-state index contributed by atoms with van der Waals surface area (Å²) < 4.78 is 5.84. The summed E-state index contributed by atoms with van der Waals surface area (Å²) in [6.07, 6.45) is 4.50. The molecule has 0 aromatic carbocycles. The van der Waals surface area contributed by atoms with E-state index in [1.807, 2.05) is 12.1 Å². The number of nitrogens with one attached hydrogen (secondary N) is 3. The molecule has 0 amide bonds. The van der Waals surface area contributed by atoms with Gasteiger partial charge in [0.1, 0.15) is 11.5 Å². The number of aromatic amines is 2. The van der Waals surface area contributed by atoms with E-state index < -0.39 is 0 Å². The lowest BCUT2D eigenvalue weighted by Gasteiger charge is -2.07. The van der Waals surface area contributed by atoms with Crippen LogP contribution in [0.3, 0.4) is 0 Å². The average Bonchev–Trinajstić information content (AvgIpc) is 3.17. The summed E-state index contributed by atoms with van der Waals surface area (Å²) in [7, 11) is 4.10. The van der Waals surface area contributed by atoms with Crippen molar-refractivity contribution in [3.8, 4) is 0 Å². The first-order chi connectivity index (χ1) is 14.5. The first-order valence-corrected chi connectivity index (χ1v) is 10.9. The number of hydrogen-bond donors (Lipinski definition) is 3. The summed E-state index contributed by atoms with van der Waals surface area (Å²) in [4.78, 5) is 35.1. The Morgan fingerprint density at radius 1 is 1.09 bits per heavy atom. The van der Waals surface area contributed by atoms with Gasteiger partial charge in [0.15, 0.2) is 0 Å². The maximum Gasteiger partial charge on any atom is 0.255 e. The molecule has 3 rings (SSSR count). The van der Waals surface area contributed by atoms with Gasteiger partial charge in [-0.05, 0) is 31.8 Å². The first kappa shape index (κ1) is 31.1. The lowest BCUT2D eigenvalue weighted by molar-refractivity contribution is 0.385. The summed E-state index contributed by atoms with van der Waals surface area (Å²) in [5.74, 6) is 4.12. The average molecular weight is 539 g/mol. The molecule has 0 radical (unpaired) electrons. The number of anilines is 1. The summed E-state index contributed by atoms with van der Waals surface area (Å²) >= 11 is 1.76. The van der Waals surface area contributed by atoms with Gasteiger partial charge in [0, 0.05) is 55.7 Å². The van der Waals surface area contributed by atoms with Crippen LogP contribution in [0.2, 0.25) is 0 Å². The molecule has 0 aliphatic rings. The Bertz CT molecular complexity index is 1050. The van der Waals surface area contributed by atoms with Crippen LogP contribution < -0.4 is 16.4 Å². The van der Waals surface area contributed by atoms with Crippen LogP contribution in [0.5, 0.6) is 0 Å². The number of pyridine rings is 1. The van der Waals surface area contributed by atoms with E-state index in [0.29, 0.717) is 24.5 Å². The summed E-state index contributed by atoms with van der Waals surface area (Å²) in [6.45, 7) is 1.65. The van der Waals surface area contributed by atoms with Crippen molar-refractivity contribution >= 4 is 54.9 Å². The third kappa shape index (κ3) is 10.7. The largest absolute Gasteiger partial charge is 0.465 e. The predicted molar refractivity (Wildman–Crippen MR) is 142 cm³/mol. The van der Waals surface area contributed by atoms with Gasteiger partial charge in [0.05, 0.1) is 5.75 Å². The number of nitrogens with zero attached hydrogens (tertiary/aromatic N) is 2. The van der Waals surface area contributed by atoms with Gasteiger partial charge in [-0.2, -0.15) is 11.8 Å². The number of H-pyrrole nitrogens is 2. The number of rotatable bonds is 11. The molecular formula is C21H30Cl3N5O3S. The van der Waals surface area contributed by atoms with E-state index in [0.717, 1.165) is 41.6 Å². The minimum atomic E-state index is -0.188.